The van der Waals surface area contributed by atoms with Crippen LogP contribution in [0, 0.1) is 6.92 Å². The van der Waals surface area contributed by atoms with E-state index in [0.29, 0.717) is 13.2 Å². The third kappa shape index (κ3) is 5.64. The summed E-state index contributed by atoms with van der Waals surface area (Å²) >= 11 is 7.83. The normalized spacial score (nSPS) is 21.5. The molecule has 1 aliphatic rings. The number of hydrogen-bond donors (Lipinski definition) is 0. The molecule has 0 radical (unpaired) electrons. The zero-order valence-electron chi connectivity index (χ0n) is 16.5. The smallest absolute Gasteiger partial charge is 0.187 e. The number of aromatic nitrogens is 2. The second kappa shape index (κ2) is 9.35. The number of rotatable bonds is 8. The molecule has 1 aliphatic heterocycles. The van der Waals surface area contributed by atoms with Gasteiger partial charge in [-0.15, -0.1) is 11.8 Å². The predicted molar refractivity (Wildman–Crippen MR) is 117 cm³/mol. The van der Waals surface area contributed by atoms with E-state index in [1.54, 1.807) is 6.20 Å². The molecule has 0 spiro atoms. The van der Waals surface area contributed by atoms with Crippen molar-refractivity contribution < 1.29 is 9.47 Å². The van der Waals surface area contributed by atoms with Gasteiger partial charge < -0.3 is 14.0 Å². The van der Waals surface area contributed by atoms with Crippen molar-refractivity contribution in [2.75, 3.05) is 12.4 Å². The lowest BCUT2D eigenvalue weighted by molar-refractivity contribution is -0.180. The molecule has 0 aliphatic carbocycles. The van der Waals surface area contributed by atoms with Crippen LogP contribution in [0.5, 0.6) is 0 Å². The second-order valence-electron chi connectivity index (χ2n) is 7.45. The van der Waals surface area contributed by atoms with E-state index in [-0.39, 0.29) is 6.10 Å². The van der Waals surface area contributed by atoms with E-state index in [4.69, 9.17) is 21.1 Å². The minimum Gasteiger partial charge on any atom is -0.345 e. The molecule has 2 atom stereocenters. The van der Waals surface area contributed by atoms with Crippen molar-refractivity contribution >= 4 is 23.4 Å². The Hall–Kier alpha value is -1.79. The van der Waals surface area contributed by atoms with Crippen LogP contribution in [0.2, 0.25) is 5.02 Å². The van der Waals surface area contributed by atoms with E-state index in [9.17, 15) is 0 Å². The first-order valence-electron chi connectivity index (χ1n) is 9.82. The van der Waals surface area contributed by atoms with Crippen molar-refractivity contribution in [3.8, 4) is 0 Å². The molecule has 1 aromatic heterocycles. The summed E-state index contributed by atoms with van der Waals surface area (Å²) in [6.07, 6.45) is 7.25. The van der Waals surface area contributed by atoms with Crippen molar-refractivity contribution in [2.45, 2.75) is 43.1 Å². The Morgan fingerprint density at radius 1 is 1.24 bits per heavy atom. The fraction of sp³-hybridized carbons (Fsp3) is 0.348. The summed E-state index contributed by atoms with van der Waals surface area (Å²) < 4.78 is 14.8. The van der Waals surface area contributed by atoms with Crippen LogP contribution in [0.1, 0.15) is 17.5 Å². The molecule has 3 aromatic rings. The third-order valence-electron chi connectivity index (χ3n) is 5.03. The number of ether oxygens (including phenoxy) is 2. The molecule has 1 saturated heterocycles. The summed E-state index contributed by atoms with van der Waals surface area (Å²) in [5.74, 6) is 0.230. The molecule has 1 fully saturated rings. The Labute approximate surface area is 181 Å². The molecule has 0 bridgehead atoms. The highest BCUT2D eigenvalue weighted by Crippen LogP contribution is 2.33. The molecule has 29 heavy (non-hydrogen) atoms. The average molecular weight is 429 g/mol. The van der Waals surface area contributed by atoms with Crippen LogP contribution in [0.15, 0.2) is 72.1 Å². The number of benzene rings is 2. The molecule has 6 heteroatoms. The third-order valence-corrected chi connectivity index (χ3v) is 6.41. The van der Waals surface area contributed by atoms with Gasteiger partial charge in [0.05, 0.1) is 25.6 Å². The SMILES string of the molecule is Cc1cccc(SCC2COC(CCc3ccc(Cl)cc3)(Cn3ccnc3)O2)c1. The van der Waals surface area contributed by atoms with Crippen LogP contribution in [0.3, 0.4) is 0 Å². The first-order valence-corrected chi connectivity index (χ1v) is 11.2. The molecule has 0 saturated carbocycles. The maximum Gasteiger partial charge on any atom is 0.187 e. The van der Waals surface area contributed by atoms with Crippen LogP contribution >= 0.6 is 23.4 Å². The molecular formula is C23H25ClN2O2S. The summed E-state index contributed by atoms with van der Waals surface area (Å²) in [4.78, 5) is 5.43. The van der Waals surface area contributed by atoms with Gasteiger partial charge in [0, 0.05) is 34.5 Å². The highest BCUT2D eigenvalue weighted by atomic mass is 35.5. The minimum absolute atomic E-state index is 0.0641. The molecular weight excluding hydrogens is 404 g/mol. The van der Waals surface area contributed by atoms with E-state index < -0.39 is 5.79 Å². The summed E-state index contributed by atoms with van der Waals surface area (Å²) in [6, 6.07) is 16.5. The largest absolute Gasteiger partial charge is 0.345 e. The molecule has 4 nitrogen and oxygen atoms in total. The maximum atomic E-state index is 6.50. The monoisotopic (exact) mass is 428 g/mol. The van der Waals surface area contributed by atoms with E-state index in [2.05, 4.69) is 48.3 Å². The Kier molecular flexibility index (Phi) is 6.60. The lowest BCUT2D eigenvalue weighted by Gasteiger charge is -2.28. The number of nitrogens with zero attached hydrogens (tertiary/aromatic N) is 2. The summed E-state index contributed by atoms with van der Waals surface area (Å²) in [6.45, 7) is 3.35. The Bertz CT molecular complexity index is 917. The van der Waals surface area contributed by atoms with Gasteiger partial charge in [-0.1, -0.05) is 41.4 Å². The first-order chi connectivity index (χ1) is 14.1. The van der Waals surface area contributed by atoms with Crippen molar-refractivity contribution in [1.29, 1.82) is 0 Å². The Morgan fingerprint density at radius 3 is 2.86 bits per heavy atom. The topological polar surface area (TPSA) is 36.3 Å². The van der Waals surface area contributed by atoms with E-state index in [0.717, 1.165) is 23.6 Å². The fourth-order valence-electron chi connectivity index (χ4n) is 3.53. The lowest BCUT2D eigenvalue weighted by atomic mass is 10.0. The van der Waals surface area contributed by atoms with E-state index in [1.165, 1.54) is 16.0 Å². The van der Waals surface area contributed by atoms with Gasteiger partial charge in [0.1, 0.15) is 0 Å². The van der Waals surface area contributed by atoms with Crippen molar-refractivity contribution in [3.63, 3.8) is 0 Å². The van der Waals surface area contributed by atoms with Crippen LogP contribution in [0.25, 0.3) is 0 Å². The number of imidazole rings is 1. The second-order valence-corrected chi connectivity index (χ2v) is 8.98. The molecule has 0 N–H and O–H groups in total. The number of halogens is 1. The minimum atomic E-state index is -0.641. The summed E-state index contributed by atoms with van der Waals surface area (Å²) in [5, 5.41) is 0.753. The van der Waals surface area contributed by atoms with Crippen molar-refractivity contribution in [3.05, 3.63) is 83.4 Å². The fourth-order valence-corrected chi connectivity index (χ4v) is 4.64. The predicted octanol–water partition coefficient (Wildman–Crippen LogP) is 5.38. The van der Waals surface area contributed by atoms with Crippen molar-refractivity contribution in [1.82, 2.24) is 9.55 Å². The van der Waals surface area contributed by atoms with Gasteiger partial charge in [0.15, 0.2) is 5.79 Å². The maximum absolute atomic E-state index is 6.50. The van der Waals surface area contributed by atoms with Gasteiger partial charge in [-0.25, -0.2) is 4.98 Å². The van der Waals surface area contributed by atoms with E-state index >= 15 is 0 Å². The molecule has 4 rings (SSSR count). The van der Waals surface area contributed by atoms with Crippen LogP contribution < -0.4 is 0 Å². The van der Waals surface area contributed by atoms with E-state index in [1.807, 2.05) is 41.0 Å². The Morgan fingerprint density at radius 2 is 2.10 bits per heavy atom. The summed E-state index contributed by atoms with van der Waals surface area (Å²) in [7, 11) is 0. The lowest BCUT2D eigenvalue weighted by Crippen LogP contribution is -2.37. The Balaban J connectivity index is 1.41. The van der Waals surface area contributed by atoms with Gasteiger partial charge >= 0.3 is 0 Å². The molecule has 2 unspecified atom stereocenters. The van der Waals surface area contributed by atoms with Gasteiger partial charge in [0.25, 0.3) is 0 Å². The molecule has 2 aromatic carbocycles. The number of aryl methyl sites for hydroxylation is 2. The molecule has 0 amide bonds. The van der Waals surface area contributed by atoms with Gasteiger partial charge in [-0.3, -0.25) is 0 Å². The van der Waals surface area contributed by atoms with Crippen LogP contribution in [-0.2, 0) is 22.4 Å². The average Bonchev–Trinajstić information content (AvgIpc) is 3.37. The standard InChI is InChI=1S/C23H25ClN2O2S/c1-18-3-2-4-22(13-18)29-15-21-14-27-23(28-21,16-26-12-11-25-17-26)10-9-19-5-7-20(24)8-6-19/h2-8,11-13,17,21H,9-10,14-16H2,1H3. The number of thioether (sulfide) groups is 1. The first kappa shape index (κ1) is 20.5. The zero-order valence-corrected chi connectivity index (χ0v) is 18.0. The zero-order chi connectivity index (χ0) is 20.1. The molecule has 152 valence electrons. The van der Waals surface area contributed by atoms with Crippen LogP contribution in [-0.4, -0.2) is 33.8 Å². The van der Waals surface area contributed by atoms with Gasteiger partial charge in [-0.05, 0) is 43.2 Å². The highest BCUT2D eigenvalue weighted by Gasteiger charge is 2.41. The number of hydrogen-bond acceptors (Lipinski definition) is 4. The van der Waals surface area contributed by atoms with Crippen LogP contribution in [0.4, 0.5) is 0 Å². The highest BCUT2D eigenvalue weighted by molar-refractivity contribution is 7.99. The van der Waals surface area contributed by atoms with Gasteiger partial charge in [-0.2, -0.15) is 0 Å². The van der Waals surface area contributed by atoms with Crippen molar-refractivity contribution in [2.24, 2.45) is 0 Å². The van der Waals surface area contributed by atoms with Gasteiger partial charge in [0.2, 0.25) is 0 Å². The summed E-state index contributed by atoms with van der Waals surface area (Å²) in [5.41, 5.74) is 2.50. The molecule has 2 heterocycles. The quantitative estimate of drug-likeness (QED) is 0.451.